The summed E-state index contributed by atoms with van der Waals surface area (Å²) in [5.41, 5.74) is 4.56. The predicted octanol–water partition coefficient (Wildman–Crippen LogP) is 5.15. The first-order chi connectivity index (χ1) is 10.3. The standard InChI is InChI=1S/C14H8N2S3/c1-2-12(10-4-6-18-8-10)14-13(15-16-19-14)11(1)9-3-5-17-7-9/h1-8H/i7D,8D. The second-order valence-electron chi connectivity index (χ2n) is 3.98. The minimum Gasteiger partial charge on any atom is -0.152 e. The number of fused-ring (bicyclic) bond motifs is 1. The maximum Gasteiger partial charge on any atom is 0.114 e. The molecule has 0 N–H and O–H groups in total. The monoisotopic (exact) mass is 302 g/mol. The molecule has 0 amide bonds. The van der Waals surface area contributed by atoms with Gasteiger partial charge in [-0.3, -0.25) is 0 Å². The molecule has 19 heavy (non-hydrogen) atoms. The lowest BCUT2D eigenvalue weighted by Gasteiger charge is -2.03. The predicted molar refractivity (Wildman–Crippen MR) is 84.0 cm³/mol. The second kappa shape index (κ2) is 4.52. The van der Waals surface area contributed by atoms with Crippen molar-refractivity contribution in [2.24, 2.45) is 0 Å². The van der Waals surface area contributed by atoms with Crippen LogP contribution in [0.25, 0.3) is 32.5 Å². The van der Waals surface area contributed by atoms with Crippen LogP contribution in [0, 0.1) is 0 Å². The highest BCUT2D eigenvalue weighted by molar-refractivity contribution is 7.14. The lowest BCUT2D eigenvalue weighted by Crippen LogP contribution is -1.81. The van der Waals surface area contributed by atoms with Crippen LogP contribution in [0.1, 0.15) is 2.74 Å². The fourth-order valence-electron chi connectivity index (χ4n) is 2.05. The van der Waals surface area contributed by atoms with Crippen molar-refractivity contribution in [2.75, 3.05) is 0 Å². The maximum absolute atomic E-state index is 8.00. The minimum absolute atomic E-state index is 0.536. The van der Waals surface area contributed by atoms with Crippen molar-refractivity contribution in [3.63, 3.8) is 0 Å². The molecule has 0 spiro atoms. The average molecular weight is 302 g/mol. The fraction of sp³-hybridized carbons (Fsp3) is 0. The van der Waals surface area contributed by atoms with E-state index in [4.69, 9.17) is 2.74 Å². The van der Waals surface area contributed by atoms with E-state index in [2.05, 4.69) is 9.59 Å². The van der Waals surface area contributed by atoms with Crippen LogP contribution in [0.2, 0.25) is 0 Å². The SMILES string of the molecule is [2H]c1sccc1-c1ccc(-c2ccsc2[2H])c2snnc12. The molecule has 0 saturated carbocycles. The van der Waals surface area contributed by atoms with Gasteiger partial charge in [-0.05, 0) is 56.3 Å². The maximum atomic E-state index is 8.00. The third-order valence-electron chi connectivity index (χ3n) is 2.93. The third-order valence-corrected chi connectivity index (χ3v) is 4.91. The van der Waals surface area contributed by atoms with E-state index in [9.17, 15) is 0 Å². The average Bonchev–Trinajstić information content (AvgIpc) is 3.18. The van der Waals surface area contributed by atoms with Gasteiger partial charge in [0.25, 0.3) is 0 Å². The molecular formula is C14H8N2S3. The zero-order chi connectivity index (χ0) is 14.4. The molecular weight excluding hydrogens is 292 g/mol. The van der Waals surface area contributed by atoms with Gasteiger partial charge in [-0.2, -0.15) is 22.7 Å². The van der Waals surface area contributed by atoms with Gasteiger partial charge in [-0.1, -0.05) is 16.6 Å². The second-order valence-corrected chi connectivity index (χ2v) is 6.16. The van der Waals surface area contributed by atoms with Gasteiger partial charge in [0.1, 0.15) is 5.52 Å². The summed E-state index contributed by atoms with van der Waals surface area (Å²) in [6, 6.07) is 7.90. The largest absolute Gasteiger partial charge is 0.152 e. The molecule has 0 fully saturated rings. The van der Waals surface area contributed by atoms with Crippen LogP contribution in [0.15, 0.2) is 45.7 Å². The first-order valence-corrected chi connectivity index (χ1v) is 8.13. The van der Waals surface area contributed by atoms with E-state index in [1.54, 1.807) is 0 Å². The number of benzene rings is 1. The van der Waals surface area contributed by atoms with E-state index >= 15 is 0 Å². The molecule has 5 heteroatoms. The normalized spacial score (nSPS) is 12.6. The third kappa shape index (κ3) is 1.82. The number of rotatable bonds is 2. The van der Waals surface area contributed by atoms with E-state index in [0.717, 1.165) is 32.5 Å². The van der Waals surface area contributed by atoms with Gasteiger partial charge < -0.3 is 0 Å². The Hall–Kier alpha value is -1.56. The summed E-state index contributed by atoms with van der Waals surface area (Å²) in [7, 11) is 0. The Kier molecular flexibility index (Phi) is 2.23. The molecule has 0 atom stereocenters. The zero-order valence-corrected chi connectivity index (χ0v) is 12.0. The van der Waals surface area contributed by atoms with Gasteiger partial charge in [-0.15, -0.1) is 5.10 Å². The first-order valence-electron chi connectivity index (χ1n) is 6.59. The van der Waals surface area contributed by atoms with Gasteiger partial charge in [0, 0.05) is 11.1 Å². The number of nitrogens with zero attached hydrogens (tertiary/aromatic N) is 2. The van der Waals surface area contributed by atoms with Gasteiger partial charge in [0.15, 0.2) is 0 Å². The van der Waals surface area contributed by atoms with E-state index in [-0.39, 0.29) is 0 Å². The fourth-order valence-corrected chi connectivity index (χ4v) is 3.92. The Morgan fingerprint density at radius 3 is 2.26 bits per heavy atom. The Balaban J connectivity index is 2.01. The molecule has 0 bridgehead atoms. The van der Waals surface area contributed by atoms with Crippen molar-refractivity contribution in [1.29, 1.82) is 0 Å². The summed E-state index contributed by atoms with van der Waals surface area (Å²) in [4.78, 5) is 0. The van der Waals surface area contributed by atoms with Crippen molar-refractivity contribution in [2.45, 2.75) is 0 Å². The molecule has 0 saturated heterocycles. The molecule has 0 radical (unpaired) electrons. The highest BCUT2D eigenvalue weighted by Gasteiger charge is 2.13. The molecule has 92 valence electrons. The van der Waals surface area contributed by atoms with Gasteiger partial charge in [0.2, 0.25) is 0 Å². The van der Waals surface area contributed by atoms with E-state index in [1.165, 1.54) is 34.2 Å². The Morgan fingerprint density at radius 1 is 0.895 bits per heavy atom. The Labute approximate surface area is 125 Å². The smallest absolute Gasteiger partial charge is 0.114 e. The van der Waals surface area contributed by atoms with Crippen LogP contribution < -0.4 is 0 Å². The summed E-state index contributed by atoms with van der Waals surface area (Å²) >= 11 is 4.17. The molecule has 3 heterocycles. The van der Waals surface area contributed by atoms with Crippen LogP contribution in [-0.4, -0.2) is 9.59 Å². The van der Waals surface area contributed by atoms with Crippen molar-refractivity contribution in [1.82, 2.24) is 9.59 Å². The van der Waals surface area contributed by atoms with Crippen LogP contribution in [0.3, 0.4) is 0 Å². The minimum atomic E-state index is 0.536. The number of thiophene rings is 2. The first kappa shape index (κ1) is 9.36. The van der Waals surface area contributed by atoms with Crippen molar-refractivity contribution < 1.29 is 2.74 Å². The van der Waals surface area contributed by atoms with Crippen LogP contribution in [0.4, 0.5) is 0 Å². The number of hydrogen-bond acceptors (Lipinski definition) is 5. The van der Waals surface area contributed by atoms with E-state index < -0.39 is 0 Å². The summed E-state index contributed by atoms with van der Waals surface area (Å²) < 4.78 is 21.0. The van der Waals surface area contributed by atoms with E-state index in [1.807, 2.05) is 35.0 Å². The molecule has 3 aromatic heterocycles. The molecule has 0 unspecified atom stereocenters. The van der Waals surface area contributed by atoms with Gasteiger partial charge in [0.05, 0.1) is 7.44 Å². The van der Waals surface area contributed by atoms with Crippen molar-refractivity contribution >= 4 is 44.4 Å². The van der Waals surface area contributed by atoms with Crippen LogP contribution in [-0.2, 0) is 0 Å². The van der Waals surface area contributed by atoms with Gasteiger partial charge in [-0.25, -0.2) is 0 Å². The van der Waals surface area contributed by atoms with Crippen molar-refractivity contribution in [3.05, 3.63) is 45.7 Å². The van der Waals surface area contributed by atoms with Crippen LogP contribution >= 0.6 is 34.2 Å². The van der Waals surface area contributed by atoms with E-state index in [0.29, 0.717) is 10.7 Å². The summed E-state index contributed by atoms with van der Waals surface area (Å²) in [6.07, 6.45) is 0. The lowest BCUT2D eigenvalue weighted by molar-refractivity contribution is 1.20. The van der Waals surface area contributed by atoms with Crippen molar-refractivity contribution in [3.8, 4) is 22.3 Å². The quantitative estimate of drug-likeness (QED) is 0.512. The number of aromatic nitrogens is 2. The molecule has 0 aliphatic heterocycles. The Morgan fingerprint density at radius 2 is 1.58 bits per heavy atom. The summed E-state index contributed by atoms with van der Waals surface area (Å²) in [6.45, 7) is 0. The molecule has 1 aromatic carbocycles. The Bertz CT molecular complexity index is 864. The highest BCUT2D eigenvalue weighted by Crippen LogP contribution is 2.37. The van der Waals surface area contributed by atoms with Gasteiger partial charge >= 0.3 is 0 Å². The molecule has 4 rings (SSSR count). The highest BCUT2D eigenvalue weighted by atomic mass is 32.1. The molecule has 4 aromatic rings. The molecule has 0 aliphatic carbocycles. The summed E-state index contributed by atoms with van der Waals surface area (Å²) in [5.74, 6) is 0. The molecule has 0 aliphatic rings. The van der Waals surface area contributed by atoms with Crippen LogP contribution in [0.5, 0.6) is 0 Å². The molecule has 2 nitrogen and oxygen atoms in total. The summed E-state index contributed by atoms with van der Waals surface area (Å²) in [5, 5.41) is 9.17. The zero-order valence-electron chi connectivity index (χ0n) is 11.6. The number of hydrogen-bond donors (Lipinski definition) is 0. The lowest BCUT2D eigenvalue weighted by atomic mass is 10.0. The topological polar surface area (TPSA) is 25.8 Å².